The molecule has 0 aliphatic carbocycles. The highest BCUT2D eigenvalue weighted by atomic mass is 14.0. The van der Waals surface area contributed by atoms with Crippen molar-refractivity contribution in [1.29, 1.82) is 0 Å². The molecule has 0 spiro atoms. The third-order valence-electron chi connectivity index (χ3n) is 5.37. The summed E-state index contributed by atoms with van der Waals surface area (Å²) in [6.45, 7) is 4.58. The Morgan fingerprint density at radius 3 is 1.06 bits per heavy atom. The monoisotopic (exact) mass is 426 g/mol. The minimum atomic E-state index is 0.304. The van der Waals surface area contributed by atoms with Crippen molar-refractivity contribution in [2.24, 2.45) is 0 Å². The van der Waals surface area contributed by atoms with Crippen molar-refractivity contribution in [2.75, 3.05) is 0 Å². The summed E-state index contributed by atoms with van der Waals surface area (Å²) >= 11 is 0. The first-order chi connectivity index (χ1) is 16.3. The molecule has 0 unspecified atom stereocenters. The van der Waals surface area contributed by atoms with E-state index in [9.17, 15) is 0 Å². The maximum absolute atomic E-state index is 2.24. The van der Waals surface area contributed by atoms with Crippen molar-refractivity contribution >= 4 is 23.1 Å². The number of benzene rings is 5. The van der Waals surface area contributed by atoms with Crippen LogP contribution in [0.5, 0.6) is 0 Å². The maximum atomic E-state index is 2.24. The van der Waals surface area contributed by atoms with Gasteiger partial charge >= 0.3 is 0 Å². The molecule has 1 heteroatoms. The van der Waals surface area contributed by atoms with Crippen molar-refractivity contribution in [3.8, 4) is 0 Å². The average Bonchev–Trinajstić information content (AvgIpc) is 2.89. The molecule has 0 bridgehead atoms. The quantitative estimate of drug-likeness (QED) is 0.302. The third kappa shape index (κ3) is 7.98. The number of hydrogen-bond acceptors (Lipinski definition) is 0. The fraction of sp³-hybridized carbons (Fsp3) is 0.0625. The lowest BCUT2D eigenvalue weighted by Crippen LogP contribution is -2.52. The Labute approximate surface area is 199 Å². The van der Waals surface area contributed by atoms with E-state index in [0.29, 0.717) is 6.71 Å². The first-order valence-electron chi connectivity index (χ1n) is 11.4. The molecule has 162 valence electrons. The molecule has 0 saturated carbocycles. The number of hydrogen-bond donors (Lipinski definition) is 0. The Balaban J connectivity index is 0.000000191. The minimum Gasteiger partial charge on any atom is -0.0687 e. The SMILES string of the molecule is Cc1ccccc1.Cc1ccccc1B(c1ccccc1)c1ccccc1.c1ccccc1. The van der Waals surface area contributed by atoms with E-state index in [-0.39, 0.29) is 0 Å². The Morgan fingerprint density at radius 2 is 0.697 bits per heavy atom. The van der Waals surface area contributed by atoms with Crippen molar-refractivity contribution in [1.82, 2.24) is 0 Å². The van der Waals surface area contributed by atoms with Gasteiger partial charge in [0.2, 0.25) is 6.71 Å². The summed E-state index contributed by atoms with van der Waals surface area (Å²) in [5, 5.41) is 0. The minimum absolute atomic E-state index is 0.304. The number of aryl methyl sites for hydroxylation is 2. The smallest absolute Gasteiger partial charge is 0.0687 e. The van der Waals surface area contributed by atoms with Gasteiger partial charge < -0.3 is 0 Å². The molecule has 0 atom stereocenters. The molecule has 5 aromatic rings. The molecule has 0 amide bonds. The summed E-state index contributed by atoms with van der Waals surface area (Å²) < 4.78 is 0. The molecule has 0 radical (unpaired) electrons. The lowest BCUT2D eigenvalue weighted by atomic mass is 9.36. The molecular weight excluding hydrogens is 395 g/mol. The number of rotatable bonds is 3. The summed E-state index contributed by atoms with van der Waals surface area (Å²) in [6.07, 6.45) is 0. The van der Waals surface area contributed by atoms with Crippen molar-refractivity contribution < 1.29 is 0 Å². The molecule has 0 heterocycles. The van der Waals surface area contributed by atoms with Crippen LogP contribution in [0.15, 0.2) is 152 Å². The van der Waals surface area contributed by atoms with Gasteiger partial charge in [0.1, 0.15) is 0 Å². The van der Waals surface area contributed by atoms with Crippen LogP contribution in [-0.4, -0.2) is 6.71 Å². The Kier molecular flexibility index (Phi) is 9.78. The van der Waals surface area contributed by atoms with Crippen LogP contribution in [0, 0.1) is 13.8 Å². The predicted molar refractivity (Wildman–Crippen MR) is 146 cm³/mol. The van der Waals surface area contributed by atoms with Crippen LogP contribution in [0.1, 0.15) is 11.1 Å². The topological polar surface area (TPSA) is 0 Å². The van der Waals surface area contributed by atoms with Gasteiger partial charge in [-0.05, 0) is 13.8 Å². The van der Waals surface area contributed by atoms with Crippen LogP contribution in [0.25, 0.3) is 0 Å². The molecule has 0 saturated heterocycles. The first kappa shape index (κ1) is 23.8. The van der Waals surface area contributed by atoms with E-state index < -0.39 is 0 Å². The van der Waals surface area contributed by atoms with E-state index in [1.54, 1.807) is 0 Å². The second kappa shape index (κ2) is 13.5. The van der Waals surface area contributed by atoms with Gasteiger partial charge in [0.05, 0.1) is 0 Å². The highest BCUT2D eigenvalue weighted by Gasteiger charge is 2.22. The summed E-state index contributed by atoms with van der Waals surface area (Å²) in [6, 6.07) is 52.4. The molecule has 0 aliphatic heterocycles. The highest BCUT2D eigenvalue weighted by molar-refractivity contribution is 6.95. The first-order valence-corrected chi connectivity index (χ1v) is 11.4. The molecule has 0 aromatic heterocycles. The third-order valence-corrected chi connectivity index (χ3v) is 5.37. The summed E-state index contributed by atoms with van der Waals surface area (Å²) in [5.74, 6) is 0. The van der Waals surface area contributed by atoms with Crippen LogP contribution in [0.4, 0.5) is 0 Å². The summed E-state index contributed by atoms with van der Waals surface area (Å²) in [7, 11) is 0. The molecule has 0 fully saturated rings. The van der Waals surface area contributed by atoms with Crippen LogP contribution in [0.3, 0.4) is 0 Å². The van der Waals surface area contributed by atoms with Crippen molar-refractivity contribution in [3.63, 3.8) is 0 Å². The van der Waals surface area contributed by atoms with Crippen LogP contribution in [0.2, 0.25) is 0 Å². The molecule has 5 rings (SSSR count). The van der Waals surface area contributed by atoms with E-state index in [1.807, 2.05) is 54.6 Å². The summed E-state index contributed by atoms with van der Waals surface area (Å²) in [4.78, 5) is 0. The van der Waals surface area contributed by atoms with Crippen LogP contribution in [-0.2, 0) is 0 Å². The van der Waals surface area contributed by atoms with E-state index in [4.69, 9.17) is 0 Å². The normalized spacial score (nSPS) is 9.52. The molecule has 5 aromatic carbocycles. The fourth-order valence-electron chi connectivity index (χ4n) is 3.67. The summed E-state index contributed by atoms with van der Waals surface area (Å²) in [5.41, 5.74) is 6.72. The van der Waals surface area contributed by atoms with Gasteiger partial charge in [-0.15, -0.1) is 0 Å². The second-order valence-corrected chi connectivity index (χ2v) is 7.92. The molecular formula is C32H31B. The largest absolute Gasteiger partial charge is 0.241 e. The maximum Gasteiger partial charge on any atom is 0.241 e. The van der Waals surface area contributed by atoms with E-state index >= 15 is 0 Å². The van der Waals surface area contributed by atoms with Crippen LogP contribution < -0.4 is 16.4 Å². The van der Waals surface area contributed by atoms with E-state index in [2.05, 4.69) is 111 Å². The van der Waals surface area contributed by atoms with Crippen LogP contribution >= 0.6 is 0 Å². The molecule has 0 N–H and O–H groups in total. The second-order valence-electron chi connectivity index (χ2n) is 7.92. The van der Waals surface area contributed by atoms with Gasteiger partial charge in [-0.3, -0.25) is 0 Å². The highest BCUT2D eigenvalue weighted by Crippen LogP contribution is 2.00. The van der Waals surface area contributed by atoms with Gasteiger partial charge in [0, 0.05) is 0 Å². The van der Waals surface area contributed by atoms with Gasteiger partial charge in [0.15, 0.2) is 0 Å². The Bertz CT molecular complexity index is 1090. The van der Waals surface area contributed by atoms with E-state index in [1.165, 1.54) is 27.5 Å². The average molecular weight is 426 g/mol. The zero-order chi connectivity index (χ0) is 23.1. The zero-order valence-electron chi connectivity index (χ0n) is 19.5. The fourth-order valence-corrected chi connectivity index (χ4v) is 3.67. The van der Waals surface area contributed by atoms with E-state index in [0.717, 1.165) is 0 Å². The molecule has 0 nitrogen and oxygen atoms in total. The molecule has 0 aliphatic rings. The molecule has 33 heavy (non-hydrogen) atoms. The van der Waals surface area contributed by atoms with Gasteiger partial charge in [0.25, 0.3) is 0 Å². The standard InChI is InChI=1S/C19H17B.C7H8.C6H6/c1-16-10-8-9-15-19(16)20(17-11-4-2-5-12-17)18-13-6-3-7-14-18;1-7-5-3-2-4-6-7;1-2-4-6-5-3-1/h2-15H,1H3;2-6H,1H3;1-6H. The lowest BCUT2D eigenvalue weighted by molar-refractivity contribution is 1.48. The van der Waals surface area contributed by atoms with Gasteiger partial charge in [-0.1, -0.05) is 179 Å². The van der Waals surface area contributed by atoms with Gasteiger partial charge in [-0.25, -0.2) is 0 Å². The van der Waals surface area contributed by atoms with Gasteiger partial charge in [-0.2, -0.15) is 0 Å². The van der Waals surface area contributed by atoms with Crippen molar-refractivity contribution in [2.45, 2.75) is 13.8 Å². The Hall–Kier alpha value is -3.84. The predicted octanol–water partition coefficient (Wildman–Crippen LogP) is 6.19. The van der Waals surface area contributed by atoms with Crippen molar-refractivity contribution in [3.05, 3.63) is 163 Å². The lowest BCUT2D eigenvalue weighted by Gasteiger charge is -2.17. The zero-order valence-corrected chi connectivity index (χ0v) is 19.5. The Morgan fingerprint density at radius 1 is 0.364 bits per heavy atom.